The number of ether oxygens (including phenoxy) is 1. The Morgan fingerprint density at radius 1 is 1.24 bits per heavy atom. The molecule has 2 aromatic rings. The van der Waals surface area contributed by atoms with E-state index in [1.807, 2.05) is 0 Å². The Bertz CT molecular complexity index is 781. The fourth-order valence-electron chi connectivity index (χ4n) is 1.67. The number of sulfonamides is 1. The first-order valence-corrected chi connectivity index (χ1v) is 8.40. The number of hydrogen-bond acceptors (Lipinski definition) is 4. The lowest BCUT2D eigenvalue weighted by Crippen LogP contribution is -2.15. The van der Waals surface area contributed by atoms with Gasteiger partial charge in [0.05, 0.1) is 23.5 Å². The third-order valence-electron chi connectivity index (χ3n) is 2.68. The van der Waals surface area contributed by atoms with Crippen LogP contribution < -0.4 is 15.2 Å². The minimum atomic E-state index is -3.83. The SMILES string of the molecule is COc1ccc(S(=O)(=O)Nc2ccc(Br)cc2Cl)c(N)c1. The number of benzene rings is 2. The van der Waals surface area contributed by atoms with Crippen LogP contribution in [0.4, 0.5) is 11.4 Å². The fourth-order valence-corrected chi connectivity index (χ4v) is 3.64. The predicted octanol–water partition coefficient (Wildman–Crippen LogP) is 3.49. The van der Waals surface area contributed by atoms with Crippen LogP contribution in [0, 0.1) is 0 Å². The number of anilines is 2. The fraction of sp³-hybridized carbons (Fsp3) is 0.0769. The highest BCUT2D eigenvalue weighted by molar-refractivity contribution is 9.10. The van der Waals surface area contributed by atoms with Gasteiger partial charge in [-0.3, -0.25) is 4.72 Å². The van der Waals surface area contributed by atoms with Gasteiger partial charge in [-0.15, -0.1) is 0 Å². The number of hydrogen-bond donors (Lipinski definition) is 2. The molecule has 0 saturated carbocycles. The molecule has 0 aliphatic heterocycles. The number of nitrogen functional groups attached to an aromatic ring is 1. The second-order valence-corrected chi connectivity index (χ2v) is 7.11. The van der Waals surface area contributed by atoms with Crippen molar-refractivity contribution in [1.29, 1.82) is 0 Å². The largest absolute Gasteiger partial charge is 0.497 e. The maximum atomic E-state index is 12.4. The van der Waals surface area contributed by atoms with Crippen molar-refractivity contribution in [2.45, 2.75) is 4.90 Å². The van der Waals surface area contributed by atoms with Gasteiger partial charge in [-0.1, -0.05) is 27.5 Å². The first-order valence-electron chi connectivity index (χ1n) is 5.75. The summed E-state index contributed by atoms with van der Waals surface area (Å²) < 4.78 is 32.9. The second-order valence-electron chi connectivity index (χ2n) is 4.13. The van der Waals surface area contributed by atoms with Gasteiger partial charge in [-0.25, -0.2) is 8.42 Å². The first-order chi connectivity index (χ1) is 9.83. The zero-order valence-corrected chi connectivity index (χ0v) is 14.1. The van der Waals surface area contributed by atoms with Crippen molar-refractivity contribution in [3.8, 4) is 5.75 Å². The summed E-state index contributed by atoms with van der Waals surface area (Å²) in [5.41, 5.74) is 6.13. The number of nitrogens with two attached hydrogens (primary N) is 1. The van der Waals surface area contributed by atoms with Gasteiger partial charge in [0.15, 0.2) is 0 Å². The Labute approximate surface area is 136 Å². The van der Waals surface area contributed by atoms with Gasteiger partial charge in [0.25, 0.3) is 10.0 Å². The summed E-state index contributed by atoms with van der Waals surface area (Å²) in [5.74, 6) is 0.480. The van der Waals surface area contributed by atoms with E-state index in [2.05, 4.69) is 20.7 Å². The van der Waals surface area contributed by atoms with Crippen molar-refractivity contribution in [3.05, 3.63) is 45.9 Å². The van der Waals surface area contributed by atoms with Gasteiger partial charge >= 0.3 is 0 Å². The van der Waals surface area contributed by atoms with E-state index in [0.717, 1.165) is 4.47 Å². The van der Waals surface area contributed by atoms with Crippen LogP contribution >= 0.6 is 27.5 Å². The Balaban J connectivity index is 2.38. The topological polar surface area (TPSA) is 81.4 Å². The molecule has 112 valence electrons. The van der Waals surface area contributed by atoms with Crippen LogP contribution in [-0.4, -0.2) is 15.5 Å². The van der Waals surface area contributed by atoms with Crippen LogP contribution in [0.3, 0.4) is 0 Å². The highest BCUT2D eigenvalue weighted by Crippen LogP contribution is 2.30. The summed E-state index contributed by atoms with van der Waals surface area (Å²) in [6.07, 6.45) is 0. The number of halogens is 2. The van der Waals surface area contributed by atoms with Crippen LogP contribution in [0.5, 0.6) is 5.75 Å². The third-order valence-corrected chi connectivity index (χ3v) is 4.93. The summed E-state index contributed by atoms with van der Waals surface area (Å²) in [5, 5.41) is 0.278. The molecule has 2 rings (SSSR count). The summed E-state index contributed by atoms with van der Waals surface area (Å²) >= 11 is 9.26. The van der Waals surface area contributed by atoms with E-state index >= 15 is 0 Å². The molecular weight excluding hydrogens is 380 g/mol. The van der Waals surface area contributed by atoms with E-state index in [4.69, 9.17) is 22.1 Å². The molecule has 0 aliphatic carbocycles. The Hall–Kier alpha value is -1.44. The van der Waals surface area contributed by atoms with E-state index < -0.39 is 10.0 Å². The second kappa shape index (κ2) is 6.13. The minimum Gasteiger partial charge on any atom is -0.497 e. The summed E-state index contributed by atoms with van der Waals surface area (Å²) in [6.45, 7) is 0. The van der Waals surface area contributed by atoms with Crippen molar-refractivity contribution < 1.29 is 13.2 Å². The van der Waals surface area contributed by atoms with Crippen LogP contribution in [-0.2, 0) is 10.0 Å². The maximum absolute atomic E-state index is 12.4. The molecule has 0 unspecified atom stereocenters. The molecule has 2 aromatic carbocycles. The Morgan fingerprint density at radius 2 is 1.95 bits per heavy atom. The van der Waals surface area contributed by atoms with Crippen molar-refractivity contribution >= 4 is 48.9 Å². The molecule has 0 aromatic heterocycles. The van der Waals surface area contributed by atoms with Gasteiger partial charge in [-0.05, 0) is 30.3 Å². The van der Waals surface area contributed by atoms with E-state index in [1.165, 1.54) is 25.3 Å². The van der Waals surface area contributed by atoms with Crippen LogP contribution in [0.25, 0.3) is 0 Å². The quantitative estimate of drug-likeness (QED) is 0.782. The maximum Gasteiger partial charge on any atom is 0.263 e. The molecule has 0 radical (unpaired) electrons. The molecule has 0 heterocycles. The molecule has 8 heteroatoms. The van der Waals surface area contributed by atoms with E-state index in [1.54, 1.807) is 18.2 Å². The average Bonchev–Trinajstić information content (AvgIpc) is 2.41. The Kier molecular flexibility index (Phi) is 4.65. The monoisotopic (exact) mass is 390 g/mol. The highest BCUT2D eigenvalue weighted by atomic mass is 79.9. The lowest BCUT2D eigenvalue weighted by molar-refractivity contribution is 0.414. The van der Waals surface area contributed by atoms with Gasteiger partial charge < -0.3 is 10.5 Å². The standard InChI is InChI=1S/C13H12BrClN2O3S/c1-20-9-3-5-13(11(16)7-9)21(18,19)17-12-4-2-8(14)6-10(12)15/h2-7,17H,16H2,1H3. The molecule has 5 nitrogen and oxygen atoms in total. The highest BCUT2D eigenvalue weighted by Gasteiger charge is 2.19. The number of rotatable bonds is 4. The minimum absolute atomic E-state index is 0.0396. The van der Waals surface area contributed by atoms with Crippen LogP contribution in [0.2, 0.25) is 5.02 Å². The molecule has 0 bridgehead atoms. The smallest absolute Gasteiger partial charge is 0.263 e. The number of methoxy groups -OCH3 is 1. The van der Waals surface area contributed by atoms with Crippen LogP contribution in [0.1, 0.15) is 0 Å². The van der Waals surface area contributed by atoms with E-state index in [0.29, 0.717) is 5.75 Å². The third kappa shape index (κ3) is 3.61. The summed E-state index contributed by atoms with van der Waals surface area (Å²) in [6, 6.07) is 9.18. The lowest BCUT2D eigenvalue weighted by Gasteiger charge is -2.12. The van der Waals surface area contributed by atoms with Gasteiger partial charge in [0.2, 0.25) is 0 Å². The van der Waals surface area contributed by atoms with Crippen molar-refractivity contribution in [2.24, 2.45) is 0 Å². The zero-order chi connectivity index (χ0) is 15.6. The summed E-state index contributed by atoms with van der Waals surface area (Å²) in [4.78, 5) is -0.0396. The number of nitrogens with one attached hydrogen (secondary N) is 1. The zero-order valence-electron chi connectivity index (χ0n) is 10.9. The summed E-state index contributed by atoms with van der Waals surface area (Å²) in [7, 11) is -2.36. The van der Waals surface area contributed by atoms with Gasteiger partial charge in [-0.2, -0.15) is 0 Å². The first kappa shape index (κ1) is 15.9. The molecule has 0 saturated heterocycles. The molecule has 0 spiro atoms. The van der Waals surface area contributed by atoms with Crippen molar-refractivity contribution in [1.82, 2.24) is 0 Å². The normalized spacial score (nSPS) is 11.2. The van der Waals surface area contributed by atoms with Crippen LogP contribution in [0.15, 0.2) is 45.8 Å². The van der Waals surface area contributed by atoms with Gasteiger partial charge in [0.1, 0.15) is 10.6 Å². The van der Waals surface area contributed by atoms with E-state index in [-0.39, 0.29) is 21.3 Å². The molecule has 0 amide bonds. The molecule has 0 aliphatic rings. The molecular formula is C13H12BrClN2O3S. The molecule has 0 fully saturated rings. The Morgan fingerprint density at radius 3 is 2.52 bits per heavy atom. The van der Waals surface area contributed by atoms with Gasteiger partial charge in [0, 0.05) is 10.5 Å². The molecule has 21 heavy (non-hydrogen) atoms. The van der Waals surface area contributed by atoms with Crippen molar-refractivity contribution in [2.75, 3.05) is 17.6 Å². The lowest BCUT2D eigenvalue weighted by atomic mass is 10.3. The predicted molar refractivity (Wildman–Crippen MR) is 87.4 cm³/mol. The van der Waals surface area contributed by atoms with Crippen molar-refractivity contribution in [3.63, 3.8) is 0 Å². The van der Waals surface area contributed by atoms with E-state index in [9.17, 15) is 8.42 Å². The average molecular weight is 392 g/mol. The molecule has 3 N–H and O–H groups in total. The molecule has 0 atom stereocenters.